The smallest absolute Gasteiger partial charge is 0.148 e. The zero-order chi connectivity index (χ0) is 58.1. The molecule has 0 aliphatic carbocycles. The molecule has 0 unspecified atom stereocenters. The molecule has 0 aliphatic heterocycles. The first kappa shape index (κ1) is 61.6. The van der Waals surface area contributed by atoms with Crippen LogP contribution in [0.15, 0.2) is 128 Å². The molecule has 8 rings (SSSR count). The Labute approximate surface area is 479 Å². The molecule has 0 bridgehead atoms. The van der Waals surface area contributed by atoms with E-state index in [9.17, 15) is 17.6 Å². The summed E-state index contributed by atoms with van der Waals surface area (Å²) in [5.74, 6) is 0.209. The highest BCUT2D eigenvalue weighted by atomic mass is 79.9. The van der Waals surface area contributed by atoms with Gasteiger partial charge in [-0.25, -0.2) is 57.4 Å². The molecule has 416 valence electrons. The van der Waals surface area contributed by atoms with E-state index >= 15 is 0 Å². The third-order valence-electron chi connectivity index (χ3n) is 9.54. The van der Waals surface area contributed by atoms with Crippen LogP contribution in [-0.2, 0) is 19.4 Å². The Morgan fingerprint density at radius 3 is 0.863 bits per heavy atom. The zero-order valence-electron chi connectivity index (χ0n) is 41.9. The summed E-state index contributed by atoms with van der Waals surface area (Å²) >= 11 is 17.8. The van der Waals surface area contributed by atoms with Crippen molar-refractivity contribution < 1.29 is 36.9 Å². The van der Waals surface area contributed by atoms with Gasteiger partial charge >= 0.3 is 0 Å². The second-order valence-corrected chi connectivity index (χ2v) is 17.5. The van der Waals surface area contributed by atoms with E-state index < -0.39 is 23.3 Å². The van der Waals surface area contributed by atoms with E-state index in [0.29, 0.717) is 64.5 Å². The van der Waals surface area contributed by atoms with Crippen molar-refractivity contribution >= 4 is 149 Å². The number of aromatic nitrogens is 8. The van der Waals surface area contributed by atoms with Gasteiger partial charge in [0.05, 0.1) is 69.9 Å². The molecule has 0 atom stereocenters. The molecule has 8 aromatic rings. The Morgan fingerprint density at radius 1 is 0.400 bits per heavy atom. The topological polar surface area (TPSA) is 342 Å². The van der Waals surface area contributed by atoms with Crippen molar-refractivity contribution in [1.82, 2.24) is 39.9 Å². The average molecular weight is 1270 g/mol. The van der Waals surface area contributed by atoms with Crippen molar-refractivity contribution in [2.75, 3.05) is 72.6 Å². The van der Waals surface area contributed by atoms with Gasteiger partial charge in [-0.3, -0.25) is 0 Å². The molecule has 24 nitrogen and oxygen atoms in total. The number of hydrogen-bond donors (Lipinski definition) is 8. The number of nitrogens with one attached hydrogen (secondary N) is 4. The number of nitrogens with two attached hydrogens (primary N) is 4. The van der Waals surface area contributed by atoms with Crippen molar-refractivity contribution in [3.63, 3.8) is 0 Å². The third-order valence-corrected chi connectivity index (χ3v) is 11.0. The monoisotopic (exact) mass is 1270 g/mol. The highest BCUT2D eigenvalue weighted by molar-refractivity contribution is 9.10. The summed E-state index contributed by atoms with van der Waals surface area (Å²) in [6.45, 7) is 0. The molecule has 4 aromatic carbocycles. The molecule has 80 heavy (non-hydrogen) atoms. The molecule has 4 heterocycles. The predicted octanol–water partition coefficient (Wildman–Crippen LogP) is 10.5. The molecule has 32 heteroatoms. The Bertz CT molecular complexity index is 3050. The van der Waals surface area contributed by atoms with Crippen LogP contribution in [0, 0.1) is 23.3 Å². The lowest BCUT2D eigenvalue weighted by Gasteiger charge is -2.10. The van der Waals surface area contributed by atoms with Gasteiger partial charge in [0, 0.05) is 19.0 Å². The maximum Gasteiger partial charge on any atom is 0.148 e. The van der Waals surface area contributed by atoms with Gasteiger partial charge in [0.2, 0.25) is 0 Å². The summed E-state index contributed by atoms with van der Waals surface area (Å²) in [5, 5.41) is 26.3. The number of anilines is 12. The fourth-order valence-corrected chi connectivity index (χ4v) is 6.82. The first-order valence-corrected chi connectivity index (χ1v) is 24.4. The van der Waals surface area contributed by atoms with E-state index in [0.717, 1.165) is 0 Å². The lowest BCUT2D eigenvalue weighted by molar-refractivity contribution is 0.215. The fourth-order valence-electron chi connectivity index (χ4n) is 5.84. The van der Waals surface area contributed by atoms with E-state index in [4.69, 9.17) is 46.1 Å². The fraction of sp³-hybridized carbons (Fsp3) is 0.0833. The van der Waals surface area contributed by atoms with Crippen molar-refractivity contribution in [2.24, 2.45) is 20.6 Å². The maximum atomic E-state index is 13.8. The Balaban J connectivity index is 0.000000196. The van der Waals surface area contributed by atoms with E-state index in [1.54, 1.807) is 36.4 Å². The summed E-state index contributed by atoms with van der Waals surface area (Å²) < 4.78 is 56.4. The Morgan fingerprint density at radius 2 is 0.637 bits per heavy atom. The van der Waals surface area contributed by atoms with Gasteiger partial charge in [0.25, 0.3) is 0 Å². The summed E-state index contributed by atoms with van der Waals surface area (Å²) in [4.78, 5) is 49.8. The number of halogens is 8. The molecule has 12 N–H and O–H groups in total. The van der Waals surface area contributed by atoms with Crippen LogP contribution in [0.4, 0.5) is 86.9 Å². The van der Waals surface area contributed by atoms with Gasteiger partial charge in [0.15, 0.2) is 0 Å². The van der Waals surface area contributed by atoms with E-state index in [-0.39, 0.29) is 46.0 Å². The van der Waals surface area contributed by atoms with Crippen molar-refractivity contribution in [2.45, 2.75) is 0 Å². The van der Waals surface area contributed by atoms with Crippen LogP contribution in [0.5, 0.6) is 0 Å². The van der Waals surface area contributed by atoms with E-state index in [2.05, 4.69) is 133 Å². The number of rotatable bonds is 16. The number of hydrogen-bond acceptors (Lipinski definition) is 24. The maximum absolute atomic E-state index is 13.8. The first-order valence-electron chi connectivity index (χ1n) is 22.0. The third kappa shape index (κ3) is 18.5. The van der Waals surface area contributed by atoms with Crippen LogP contribution < -0.4 is 44.2 Å². The molecular weight excluding hydrogens is 1230 g/mol. The minimum absolute atomic E-state index is 0.192. The van der Waals surface area contributed by atoms with Crippen molar-refractivity contribution in [3.05, 3.63) is 163 Å². The van der Waals surface area contributed by atoms with Crippen LogP contribution in [0.3, 0.4) is 0 Å². The van der Waals surface area contributed by atoms with Gasteiger partial charge < -0.3 is 63.6 Å². The van der Waals surface area contributed by atoms with Crippen LogP contribution in [-0.4, -0.2) is 93.2 Å². The molecule has 0 saturated carbocycles. The summed E-state index contributed by atoms with van der Waals surface area (Å²) in [5.41, 5.74) is 25.5. The Kier molecular flexibility index (Phi) is 24.0. The standard InChI is InChI=1S/2C12H11BrFN5O.2C12H11ClFN5O/c4*1-20-18-5-8-11(15)16-6-17-12(8)19-10-3-2-7(13)4-9(10)14/h4*2-6H,1H3,(H3,15,16,17,19)/b18-5+;18-5-;18-5+;18-5-. The molecular formula is C48H44Br2Cl2F4N20O4. The number of nitrogen functional groups attached to an aromatic ring is 4. The van der Waals surface area contributed by atoms with Crippen LogP contribution >= 0.6 is 55.1 Å². The van der Waals surface area contributed by atoms with Crippen LogP contribution in [0.2, 0.25) is 10.0 Å². The predicted molar refractivity (Wildman–Crippen MR) is 308 cm³/mol. The largest absolute Gasteiger partial charge is 0.399 e. The first-order chi connectivity index (χ1) is 38.5. The SMILES string of the molecule is CO/N=C/c1c(N)ncnc1Nc1ccc(Br)cc1F.CO/N=C/c1c(N)ncnc1Nc1ccc(Cl)cc1F.CO/N=C\c1c(N)ncnc1Nc1ccc(Br)cc1F.CO/N=C\c1c(N)ncnc1Nc1ccc(Cl)cc1F. The minimum atomic E-state index is -0.510. The second kappa shape index (κ2) is 31.2. The molecule has 0 spiro atoms. The molecule has 0 amide bonds. The summed E-state index contributed by atoms with van der Waals surface area (Å²) in [6, 6.07) is 17.7. The van der Waals surface area contributed by atoms with Crippen molar-refractivity contribution in [3.8, 4) is 0 Å². The average Bonchev–Trinajstić information content (AvgIpc) is 3.42. The quantitative estimate of drug-likeness (QED) is 0.0253. The Hall–Kier alpha value is -9.26. The van der Waals surface area contributed by atoms with Crippen LogP contribution in [0.1, 0.15) is 22.3 Å². The number of benzene rings is 4. The van der Waals surface area contributed by atoms with Gasteiger partial charge in [0.1, 0.15) is 124 Å². The molecule has 0 radical (unpaired) electrons. The van der Waals surface area contributed by atoms with Gasteiger partial charge in [-0.15, -0.1) is 0 Å². The van der Waals surface area contributed by atoms with Gasteiger partial charge in [-0.2, -0.15) is 0 Å². The number of oxime groups is 4. The second-order valence-electron chi connectivity index (χ2n) is 14.7. The lowest BCUT2D eigenvalue weighted by Crippen LogP contribution is -2.05. The highest BCUT2D eigenvalue weighted by Gasteiger charge is 2.15. The summed E-state index contributed by atoms with van der Waals surface area (Å²) in [7, 11) is 5.58. The van der Waals surface area contributed by atoms with E-state index in [1.165, 1.54) is 115 Å². The number of nitrogens with zero attached hydrogens (tertiary/aromatic N) is 12. The summed E-state index contributed by atoms with van der Waals surface area (Å²) in [6.07, 6.45) is 10.5. The van der Waals surface area contributed by atoms with Crippen molar-refractivity contribution in [1.29, 1.82) is 0 Å². The van der Waals surface area contributed by atoms with Gasteiger partial charge in [-0.1, -0.05) is 75.7 Å². The van der Waals surface area contributed by atoms with Gasteiger partial charge in [-0.05, 0) is 72.8 Å². The molecule has 4 aromatic heterocycles. The normalized spacial score (nSPS) is 10.8. The minimum Gasteiger partial charge on any atom is -0.399 e. The highest BCUT2D eigenvalue weighted by Crippen LogP contribution is 2.29. The zero-order valence-corrected chi connectivity index (χ0v) is 46.6. The molecule has 0 saturated heterocycles. The van der Waals surface area contributed by atoms with Crippen LogP contribution in [0.25, 0.3) is 0 Å². The molecule has 0 aliphatic rings. The molecule has 0 fully saturated rings. The lowest BCUT2D eigenvalue weighted by atomic mass is 10.2. The van der Waals surface area contributed by atoms with E-state index in [1.807, 2.05) is 0 Å².